The number of alkyl halides is 3. The van der Waals surface area contributed by atoms with Gasteiger partial charge in [0.1, 0.15) is 0 Å². The molecule has 1 heterocycles. The third-order valence-corrected chi connectivity index (χ3v) is 2.77. The van der Waals surface area contributed by atoms with E-state index in [4.69, 9.17) is 5.11 Å². The lowest BCUT2D eigenvalue weighted by molar-refractivity contribution is -0.188. The number of hydrogen-bond acceptors (Lipinski definition) is 3. The summed E-state index contributed by atoms with van der Waals surface area (Å²) in [6.07, 6.45) is -3.29. The van der Waals surface area contributed by atoms with Crippen molar-refractivity contribution >= 4 is 17.7 Å². The first kappa shape index (κ1) is 12.8. The topological polar surface area (TPSA) is 50.2 Å². The Hall–Kier alpha value is -1.24. The Kier molecular flexibility index (Phi) is 4.17. The minimum atomic E-state index is -4.73. The molecule has 1 rings (SSSR count). The summed E-state index contributed by atoms with van der Waals surface area (Å²) in [6, 6.07) is 4.78. The summed E-state index contributed by atoms with van der Waals surface area (Å²) < 4.78 is 36.8. The van der Waals surface area contributed by atoms with E-state index in [2.05, 4.69) is 4.98 Å². The molecule has 88 valence electrons. The lowest BCUT2D eigenvalue weighted by Crippen LogP contribution is -2.32. The number of carboxylic acid groups (broad SMARTS) is 1. The van der Waals surface area contributed by atoms with Crippen molar-refractivity contribution in [2.24, 2.45) is 5.92 Å². The summed E-state index contributed by atoms with van der Waals surface area (Å²) in [6.45, 7) is 0. The number of hydrogen-bond donors (Lipinski definition) is 1. The standard InChI is InChI=1S/C9H8F3NO2S/c10-9(11,12)6(8(14)15)5-16-7-3-1-2-4-13-7/h1-4,6H,5H2,(H,14,15). The van der Waals surface area contributed by atoms with E-state index in [-0.39, 0.29) is 0 Å². The minimum absolute atomic E-state index is 0.373. The maximum absolute atomic E-state index is 12.3. The second-order valence-electron chi connectivity index (χ2n) is 2.91. The van der Waals surface area contributed by atoms with Gasteiger partial charge in [-0.05, 0) is 12.1 Å². The van der Waals surface area contributed by atoms with Gasteiger partial charge in [-0.3, -0.25) is 4.79 Å². The number of aliphatic carboxylic acids is 1. The van der Waals surface area contributed by atoms with E-state index in [1.165, 1.54) is 12.3 Å². The highest BCUT2D eigenvalue weighted by Crippen LogP contribution is 2.31. The Labute approximate surface area is 93.7 Å². The molecule has 0 aliphatic heterocycles. The van der Waals surface area contributed by atoms with Crippen LogP contribution in [0.3, 0.4) is 0 Å². The van der Waals surface area contributed by atoms with Gasteiger partial charge in [-0.15, -0.1) is 11.8 Å². The Morgan fingerprint density at radius 3 is 2.62 bits per heavy atom. The highest BCUT2D eigenvalue weighted by atomic mass is 32.2. The van der Waals surface area contributed by atoms with E-state index in [0.717, 1.165) is 11.8 Å². The van der Waals surface area contributed by atoms with Crippen LogP contribution in [0.2, 0.25) is 0 Å². The predicted octanol–water partition coefficient (Wildman–Crippen LogP) is 2.44. The van der Waals surface area contributed by atoms with Crippen molar-refractivity contribution in [1.29, 1.82) is 0 Å². The van der Waals surface area contributed by atoms with Gasteiger partial charge in [0.25, 0.3) is 0 Å². The molecular weight excluding hydrogens is 243 g/mol. The van der Waals surface area contributed by atoms with Gasteiger partial charge in [-0.1, -0.05) is 6.07 Å². The quantitative estimate of drug-likeness (QED) is 0.835. The smallest absolute Gasteiger partial charge is 0.403 e. The molecule has 0 saturated heterocycles. The number of thioether (sulfide) groups is 1. The summed E-state index contributed by atoms with van der Waals surface area (Å²) in [4.78, 5) is 14.2. The van der Waals surface area contributed by atoms with Crippen LogP contribution < -0.4 is 0 Å². The molecular formula is C9H8F3NO2S. The lowest BCUT2D eigenvalue weighted by atomic mass is 10.2. The fourth-order valence-corrected chi connectivity index (χ4v) is 1.89. The van der Waals surface area contributed by atoms with Crippen molar-refractivity contribution in [2.75, 3.05) is 5.75 Å². The van der Waals surface area contributed by atoms with Crippen molar-refractivity contribution in [1.82, 2.24) is 4.98 Å². The summed E-state index contributed by atoms with van der Waals surface area (Å²) in [7, 11) is 0. The van der Waals surface area contributed by atoms with E-state index < -0.39 is 23.8 Å². The third-order valence-electron chi connectivity index (χ3n) is 1.73. The first-order chi connectivity index (χ1) is 7.41. The van der Waals surface area contributed by atoms with E-state index in [1.54, 1.807) is 12.1 Å². The minimum Gasteiger partial charge on any atom is -0.481 e. The number of pyridine rings is 1. The highest BCUT2D eigenvalue weighted by Gasteiger charge is 2.44. The average Bonchev–Trinajstić information content (AvgIpc) is 2.17. The molecule has 7 heteroatoms. The molecule has 0 spiro atoms. The highest BCUT2D eigenvalue weighted by molar-refractivity contribution is 7.99. The molecule has 1 N–H and O–H groups in total. The number of carboxylic acids is 1. The molecule has 0 fully saturated rings. The maximum atomic E-state index is 12.3. The van der Waals surface area contributed by atoms with Crippen molar-refractivity contribution in [3.63, 3.8) is 0 Å². The van der Waals surface area contributed by atoms with Gasteiger partial charge >= 0.3 is 12.1 Å². The van der Waals surface area contributed by atoms with E-state index in [1.807, 2.05) is 0 Å². The number of halogens is 3. The summed E-state index contributed by atoms with van der Waals surface area (Å²) in [5.41, 5.74) is 0. The van der Waals surface area contributed by atoms with Crippen LogP contribution in [-0.4, -0.2) is 28.0 Å². The van der Waals surface area contributed by atoms with Gasteiger partial charge in [-0.25, -0.2) is 4.98 Å². The van der Waals surface area contributed by atoms with Crippen LogP contribution >= 0.6 is 11.8 Å². The SMILES string of the molecule is O=C(O)C(CSc1ccccn1)C(F)(F)F. The summed E-state index contributed by atoms with van der Waals surface area (Å²) in [5.74, 6) is -4.80. The lowest BCUT2D eigenvalue weighted by Gasteiger charge is -2.14. The van der Waals surface area contributed by atoms with Gasteiger partial charge in [-0.2, -0.15) is 13.2 Å². The Balaban J connectivity index is 2.62. The number of rotatable bonds is 4. The second-order valence-corrected chi connectivity index (χ2v) is 3.95. The average molecular weight is 251 g/mol. The van der Waals surface area contributed by atoms with Gasteiger partial charge in [0.15, 0.2) is 5.92 Å². The van der Waals surface area contributed by atoms with E-state index >= 15 is 0 Å². The fourth-order valence-electron chi connectivity index (χ4n) is 0.907. The third kappa shape index (κ3) is 3.73. The molecule has 0 bridgehead atoms. The largest absolute Gasteiger partial charge is 0.481 e. The van der Waals surface area contributed by atoms with Crippen molar-refractivity contribution in [3.05, 3.63) is 24.4 Å². The Morgan fingerprint density at radius 1 is 1.50 bits per heavy atom. The Bertz CT molecular complexity index is 356. The fraction of sp³-hybridized carbons (Fsp3) is 0.333. The summed E-state index contributed by atoms with van der Waals surface area (Å²) in [5, 5.41) is 8.81. The van der Waals surface area contributed by atoms with Crippen molar-refractivity contribution in [3.8, 4) is 0 Å². The van der Waals surface area contributed by atoms with Crippen LogP contribution in [0, 0.1) is 5.92 Å². The van der Waals surface area contributed by atoms with Crippen LogP contribution in [0.15, 0.2) is 29.4 Å². The molecule has 1 aromatic heterocycles. The van der Waals surface area contributed by atoms with Crippen LogP contribution in [0.25, 0.3) is 0 Å². The zero-order valence-electron chi connectivity index (χ0n) is 7.94. The van der Waals surface area contributed by atoms with Crippen LogP contribution in [0.5, 0.6) is 0 Å². The molecule has 0 radical (unpaired) electrons. The molecule has 0 aromatic carbocycles. The number of carbonyl (C=O) groups is 1. The molecule has 0 saturated carbocycles. The molecule has 16 heavy (non-hydrogen) atoms. The maximum Gasteiger partial charge on any atom is 0.403 e. The normalized spacial score (nSPS) is 13.4. The van der Waals surface area contributed by atoms with Gasteiger partial charge in [0.05, 0.1) is 5.03 Å². The summed E-state index contributed by atoms with van der Waals surface area (Å²) >= 11 is 0.772. The molecule has 1 unspecified atom stereocenters. The zero-order chi connectivity index (χ0) is 12.2. The van der Waals surface area contributed by atoms with Crippen molar-refractivity contribution in [2.45, 2.75) is 11.2 Å². The van der Waals surface area contributed by atoms with Gasteiger partial charge in [0, 0.05) is 11.9 Å². The molecule has 0 amide bonds. The van der Waals surface area contributed by atoms with E-state index in [9.17, 15) is 18.0 Å². The van der Waals surface area contributed by atoms with Crippen LogP contribution in [0.1, 0.15) is 0 Å². The molecule has 0 aliphatic carbocycles. The van der Waals surface area contributed by atoms with Crippen LogP contribution in [-0.2, 0) is 4.79 Å². The second kappa shape index (κ2) is 5.20. The Morgan fingerprint density at radius 2 is 2.19 bits per heavy atom. The zero-order valence-corrected chi connectivity index (χ0v) is 8.76. The molecule has 0 aliphatic rings. The van der Waals surface area contributed by atoms with Gasteiger partial charge in [0.2, 0.25) is 0 Å². The first-order valence-corrected chi connectivity index (χ1v) is 5.23. The molecule has 1 atom stereocenters. The van der Waals surface area contributed by atoms with Crippen LogP contribution in [0.4, 0.5) is 13.2 Å². The predicted molar refractivity (Wildman–Crippen MR) is 52.1 cm³/mol. The number of nitrogens with zero attached hydrogens (tertiary/aromatic N) is 1. The first-order valence-electron chi connectivity index (χ1n) is 4.24. The molecule has 3 nitrogen and oxygen atoms in total. The monoisotopic (exact) mass is 251 g/mol. The van der Waals surface area contributed by atoms with E-state index in [0.29, 0.717) is 5.03 Å². The van der Waals surface area contributed by atoms with Gasteiger partial charge < -0.3 is 5.11 Å². The number of aromatic nitrogens is 1. The van der Waals surface area contributed by atoms with Crippen molar-refractivity contribution < 1.29 is 23.1 Å². The molecule has 1 aromatic rings.